The van der Waals surface area contributed by atoms with Gasteiger partial charge in [0.25, 0.3) is 11.5 Å². The summed E-state index contributed by atoms with van der Waals surface area (Å²) in [6, 6.07) is 7.09. The van der Waals surface area contributed by atoms with Crippen LogP contribution < -0.4 is 11.2 Å². The van der Waals surface area contributed by atoms with Crippen LogP contribution in [0.1, 0.15) is 54.8 Å². The summed E-state index contributed by atoms with van der Waals surface area (Å²) in [5, 5.41) is 0. The molecule has 2 fully saturated rings. The molecule has 1 aromatic heterocycles. The Morgan fingerprint density at radius 3 is 2.48 bits per heavy atom. The van der Waals surface area contributed by atoms with Gasteiger partial charge in [0.15, 0.2) is 5.79 Å². The molecule has 42 heavy (non-hydrogen) atoms. The number of piperidine rings is 1. The fourth-order valence-electron chi connectivity index (χ4n) is 5.29. The van der Waals surface area contributed by atoms with Gasteiger partial charge in [-0.2, -0.15) is 17.7 Å². The van der Waals surface area contributed by atoms with Crippen molar-refractivity contribution in [3.05, 3.63) is 68.5 Å². The van der Waals surface area contributed by atoms with Crippen LogP contribution in [0.2, 0.25) is 0 Å². The van der Waals surface area contributed by atoms with Gasteiger partial charge in [0.05, 0.1) is 12.7 Å². The Morgan fingerprint density at radius 2 is 1.88 bits per heavy atom. The first kappa shape index (κ1) is 31.7. The molecule has 0 aliphatic carbocycles. The minimum atomic E-state index is -5.15. The van der Waals surface area contributed by atoms with Crippen LogP contribution in [0.5, 0.6) is 0 Å². The molecule has 2 aliphatic heterocycles. The summed E-state index contributed by atoms with van der Waals surface area (Å²) in [6.45, 7) is 4.41. The minimum absolute atomic E-state index is 0.0212. The van der Waals surface area contributed by atoms with E-state index in [0.29, 0.717) is 23.6 Å². The zero-order valence-electron chi connectivity index (χ0n) is 23.5. The maximum absolute atomic E-state index is 13.9. The third kappa shape index (κ3) is 6.85. The molecule has 0 bridgehead atoms. The van der Waals surface area contributed by atoms with Crippen LogP contribution >= 0.6 is 0 Å². The molecule has 13 heteroatoms. The van der Waals surface area contributed by atoms with Crippen molar-refractivity contribution in [1.82, 2.24) is 14.0 Å². The van der Waals surface area contributed by atoms with E-state index in [1.165, 1.54) is 24.3 Å². The lowest BCUT2D eigenvalue weighted by molar-refractivity contribution is -0.258. The second-order valence-electron chi connectivity index (χ2n) is 10.2. The molecule has 0 radical (unpaired) electrons. The van der Waals surface area contributed by atoms with Gasteiger partial charge in [-0.05, 0) is 25.1 Å². The highest BCUT2D eigenvalue weighted by Crippen LogP contribution is 2.34. The molecule has 228 valence electrons. The number of halogens is 3. The smallest absolute Gasteiger partial charge is 0.363 e. The zero-order valence-corrected chi connectivity index (χ0v) is 23.5. The van der Waals surface area contributed by atoms with Crippen molar-refractivity contribution in [2.45, 2.75) is 63.0 Å². The van der Waals surface area contributed by atoms with Gasteiger partial charge < -0.3 is 23.8 Å². The molecule has 1 aromatic carbocycles. The van der Waals surface area contributed by atoms with Crippen molar-refractivity contribution >= 4 is 5.91 Å². The third-order valence-corrected chi connectivity index (χ3v) is 7.55. The number of aromatic nitrogens is 2. The van der Waals surface area contributed by atoms with Crippen molar-refractivity contribution in [2.24, 2.45) is 0 Å². The fraction of sp³-hybridized carbons (Fsp3) is 0.552. The molecular formula is C29H34F3N3O7. The maximum Gasteiger partial charge on any atom is 0.423 e. The molecule has 0 spiro atoms. The van der Waals surface area contributed by atoms with Gasteiger partial charge in [-0.1, -0.05) is 31.0 Å². The molecule has 3 heterocycles. The number of hydrogen-bond acceptors (Lipinski definition) is 8. The SMILES string of the molecule is C#CCO[C@H]1C[C@H](n2cc(C(F)(F)F)c(=O)n(C(=O)c3ccccc3)c2=O)O[C@@H]1COC1(OC)CCN(CCC)CC1. The van der Waals surface area contributed by atoms with E-state index in [1.54, 1.807) is 13.2 Å². The highest BCUT2D eigenvalue weighted by Gasteiger charge is 2.43. The molecular weight excluding hydrogens is 559 g/mol. The Kier molecular flexibility index (Phi) is 10.1. The van der Waals surface area contributed by atoms with E-state index in [2.05, 4.69) is 17.7 Å². The lowest BCUT2D eigenvalue weighted by atomic mass is 10.0. The summed E-state index contributed by atoms with van der Waals surface area (Å²) < 4.78 is 66.0. The van der Waals surface area contributed by atoms with E-state index >= 15 is 0 Å². The molecule has 2 aliphatic rings. The van der Waals surface area contributed by atoms with Crippen molar-refractivity contribution in [2.75, 3.05) is 40.0 Å². The number of ether oxygens (including phenoxy) is 4. The van der Waals surface area contributed by atoms with E-state index in [0.717, 1.165) is 26.1 Å². The first-order chi connectivity index (χ1) is 20.0. The number of carbonyl (C=O) groups excluding carboxylic acids is 1. The minimum Gasteiger partial charge on any atom is -0.363 e. The summed E-state index contributed by atoms with van der Waals surface area (Å²) in [4.78, 5) is 41.6. The number of likely N-dealkylation sites (tertiary alicyclic amines) is 1. The number of hydrogen-bond donors (Lipinski definition) is 0. The lowest BCUT2D eigenvalue weighted by Gasteiger charge is -2.41. The van der Waals surface area contributed by atoms with E-state index in [1.807, 2.05) is 0 Å². The zero-order chi connectivity index (χ0) is 30.5. The van der Waals surface area contributed by atoms with Gasteiger partial charge in [-0.15, -0.1) is 6.42 Å². The number of rotatable bonds is 10. The van der Waals surface area contributed by atoms with Crippen LogP contribution in [0, 0.1) is 12.3 Å². The Hall–Kier alpha value is -3.28. The monoisotopic (exact) mass is 593 g/mol. The lowest BCUT2D eigenvalue weighted by Crippen LogP contribution is -2.49. The predicted octanol–water partition coefficient (Wildman–Crippen LogP) is 2.89. The van der Waals surface area contributed by atoms with Crippen molar-refractivity contribution < 1.29 is 36.9 Å². The Labute approximate surface area is 240 Å². The average molecular weight is 594 g/mol. The highest BCUT2D eigenvalue weighted by molar-refractivity contribution is 5.95. The summed E-state index contributed by atoms with van der Waals surface area (Å²) in [5.41, 5.74) is -4.87. The van der Waals surface area contributed by atoms with Gasteiger partial charge in [0.2, 0.25) is 0 Å². The van der Waals surface area contributed by atoms with Crippen molar-refractivity contribution in [1.29, 1.82) is 0 Å². The van der Waals surface area contributed by atoms with Crippen LogP contribution in [-0.4, -0.2) is 77.9 Å². The number of alkyl halides is 3. The van der Waals surface area contributed by atoms with Crippen LogP contribution in [0.3, 0.4) is 0 Å². The van der Waals surface area contributed by atoms with Gasteiger partial charge in [0, 0.05) is 51.2 Å². The number of carbonyl (C=O) groups is 1. The molecule has 2 aromatic rings. The topological polar surface area (TPSA) is 101 Å². The molecule has 0 amide bonds. The normalized spacial score (nSPS) is 22.6. The number of terminal acetylenes is 1. The van der Waals surface area contributed by atoms with Gasteiger partial charge in [-0.25, -0.2) is 4.79 Å². The van der Waals surface area contributed by atoms with Crippen LogP contribution in [0.25, 0.3) is 0 Å². The molecule has 2 saturated heterocycles. The molecule has 4 rings (SSSR count). The largest absolute Gasteiger partial charge is 0.423 e. The summed E-state index contributed by atoms with van der Waals surface area (Å²) in [6.07, 6.45) is -0.197. The first-order valence-corrected chi connectivity index (χ1v) is 13.7. The molecule has 10 nitrogen and oxygen atoms in total. The van der Waals surface area contributed by atoms with Gasteiger partial charge in [0.1, 0.15) is 24.5 Å². The Morgan fingerprint density at radius 1 is 1.19 bits per heavy atom. The van der Waals surface area contributed by atoms with E-state index in [9.17, 15) is 27.6 Å². The van der Waals surface area contributed by atoms with Gasteiger partial charge >= 0.3 is 11.9 Å². The Bertz CT molecular complexity index is 1390. The Balaban J connectivity index is 1.64. The summed E-state index contributed by atoms with van der Waals surface area (Å²) in [5.74, 6) is 0.259. The average Bonchev–Trinajstić information content (AvgIpc) is 3.38. The standard InChI is InChI=1S/C29H34F3N3O7/c1-4-13-33-14-11-28(39-3,12-15-33)41-19-23-22(40-16-5-2)17-24(42-23)34-18-21(29(30,31)32)26(37)35(27(34)38)25(36)20-9-7-6-8-10-20/h2,6-10,18,22-24H,4,11-17,19H2,1,3H3/t22-,23+,24+/m0/s1. The van der Waals surface area contributed by atoms with Crippen LogP contribution in [0.4, 0.5) is 13.2 Å². The second-order valence-corrected chi connectivity index (χ2v) is 10.2. The highest BCUT2D eigenvalue weighted by atomic mass is 19.4. The molecule has 0 unspecified atom stereocenters. The second kappa shape index (κ2) is 13.4. The number of methoxy groups -OCH3 is 1. The third-order valence-electron chi connectivity index (χ3n) is 7.55. The van der Waals surface area contributed by atoms with E-state index in [4.69, 9.17) is 25.4 Å². The van der Waals surface area contributed by atoms with Crippen LogP contribution in [-0.2, 0) is 25.1 Å². The van der Waals surface area contributed by atoms with E-state index in [-0.39, 0.29) is 29.8 Å². The maximum atomic E-state index is 13.9. The van der Waals surface area contributed by atoms with Gasteiger partial charge in [-0.3, -0.25) is 14.2 Å². The summed E-state index contributed by atoms with van der Waals surface area (Å²) >= 11 is 0. The van der Waals surface area contributed by atoms with E-state index < -0.39 is 53.1 Å². The van der Waals surface area contributed by atoms with Crippen LogP contribution in [0.15, 0.2) is 46.1 Å². The fourth-order valence-corrected chi connectivity index (χ4v) is 5.29. The first-order valence-electron chi connectivity index (χ1n) is 13.7. The molecule has 3 atom stereocenters. The van der Waals surface area contributed by atoms with Crippen molar-refractivity contribution in [3.8, 4) is 12.3 Å². The molecule has 0 N–H and O–H groups in total. The molecule has 0 saturated carbocycles. The number of nitrogens with zero attached hydrogens (tertiary/aromatic N) is 3. The predicted molar refractivity (Wildman–Crippen MR) is 145 cm³/mol. The quantitative estimate of drug-likeness (QED) is 0.306. The van der Waals surface area contributed by atoms with Crippen molar-refractivity contribution in [3.63, 3.8) is 0 Å². The number of benzene rings is 1. The summed E-state index contributed by atoms with van der Waals surface area (Å²) in [7, 11) is 1.55.